The molecule has 162 valence electrons. The number of nitriles is 1. The summed E-state index contributed by atoms with van der Waals surface area (Å²) < 4.78 is 14.9. The molecule has 1 aliphatic rings. The van der Waals surface area contributed by atoms with Gasteiger partial charge in [0.25, 0.3) is 0 Å². The van der Waals surface area contributed by atoms with Crippen LogP contribution in [-0.2, 0) is 4.74 Å². The summed E-state index contributed by atoms with van der Waals surface area (Å²) in [5, 5.41) is 18.8. The number of nitrogens with zero attached hydrogens (tertiary/aromatic N) is 3. The molecule has 0 unspecified atom stereocenters. The summed E-state index contributed by atoms with van der Waals surface area (Å²) in [6, 6.07) is 7.39. The monoisotopic (exact) mass is 471 g/mol. The summed E-state index contributed by atoms with van der Waals surface area (Å²) in [6.45, 7) is 6.56. The Bertz CT molecular complexity index is 921. The van der Waals surface area contributed by atoms with Crippen LogP contribution >= 0.6 is 34.5 Å². The van der Waals surface area contributed by atoms with E-state index in [-0.39, 0.29) is 5.84 Å². The third-order valence-electron chi connectivity index (χ3n) is 3.94. The molecule has 6 nitrogen and oxygen atoms in total. The second-order valence-electron chi connectivity index (χ2n) is 5.47. The number of morpholine rings is 1. The van der Waals surface area contributed by atoms with Gasteiger partial charge in [-0.05, 0) is 12.1 Å². The fourth-order valence-corrected chi connectivity index (χ4v) is 4.50. The molecule has 30 heavy (non-hydrogen) atoms. The van der Waals surface area contributed by atoms with E-state index in [9.17, 15) is 9.65 Å². The van der Waals surface area contributed by atoms with E-state index in [2.05, 4.69) is 16.0 Å². The maximum absolute atomic E-state index is 9.87. The normalized spacial score (nSPS) is 13.4. The van der Waals surface area contributed by atoms with E-state index in [4.69, 9.17) is 39.1 Å². The maximum atomic E-state index is 9.87. The van der Waals surface area contributed by atoms with Gasteiger partial charge in [0, 0.05) is 34.3 Å². The molecule has 1 fully saturated rings. The smallest absolute Gasteiger partial charge is 0.143 e. The Labute approximate surface area is 190 Å². The second kappa shape index (κ2) is 13.2. The van der Waals surface area contributed by atoms with Crippen molar-refractivity contribution in [2.75, 3.05) is 38.4 Å². The van der Waals surface area contributed by atoms with Gasteiger partial charge < -0.3 is 15.4 Å². The molecule has 0 bridgehead atoms. The molecule has 0 saturated carbocycles. The lowest BCUT2D eigenvalue weighted by Crippen LogP contribution is -2.36. The van der Waals surface area contributed by atoms with Crippen molar-refractivity contribution >= 4 is 51.7 Å². The minimum atomic E-state index is 0.169. The average molecular weight is 472 g/mol. The highest BCUT2D eigenvalue weighted by Crippen LogP contribution is 2.44. The summed E-state index contributed by atoms with van der Waals surface area (Å²) in [5.74, 6) is 0.169. The van der Waals surface area contributed by atoms with Gasteiger partial charge in [-0.1, -0.05) is 43.1 Å². The minimum Gasteiger partial charge on any atom is -0.382 e. The number of nitrogens with one attached hydrogen (secondary N) is 1. The van der Waals surface area contributed by atoms with E-state index in [1.807, 2.05) is 13.8 Å². The van der Waals surface area contributed by atoms with E-state index in [0.717, 1.165) is 11.3 Å². The van der Waals surface area contributed by atoms with Gasteiger partial charge in [-0.15, -0.1) is 11.3 Å². The minimum absolute atomic E-state index is 0.169. The number of hydrogen-bond donors (Lipinski definition) is 2. The third kappa shape index (κ3) is 5.92. The first-order valence-electron chi connectivity index (χ1n) is 9.12. The molecule has 3 rings (SSSR count). The quantitative estimate of drug-likeness (QED) is 0.463. The first-order chi connectivity index (χ1) is 14.6. The number of alkyl halides is 1. The lowest BCUT2D eigenvalue weighted by molar-refractivity contribution is 0.123. The Kier molecular flexibility index (Phi) is 11.4. The number of aliphatic imine (C=N–C) groups is 1. The van der Waals surface area contributed by atoms with Crippen molar-refractivity contribution in [3.05, 3.63) is 38.7 Å². The van der Waals surface area contributed by atoms with Gasteiger partial charge in [-0.25, -0.2) is 4.99 Å². The molecule has 1 aliphatic heterocycles. The topological polar surface area (TPSA) is 98.5 Å². The van der Waals surface area contributed by atoms with Crippen LogP contribution in [0.2, 0.25) is 10.0 Å². The second-order valence-corrected chi connectivity index (χ2v) is 7.31. The first-order valence-corrected chi connectivity index (χ1v) is 10.7. The van der Waals surface area contributed by atoms with E-state index < -0.39 is 0 Å². The number of nitrogens with two attached hydrogens (primary N) is 1. The zero-order valence-corrected chi connectivity index (χ0v) is 19.3. The summed E-state index contributed by atoms with van der Waals surface area (Å²) in [5.41, 5.74) is 7.83. The van der Waals surface area contributed by atoms with Gasteiger partial charge in [-0.3, -0.25) is 9.80 Å². The molecule has 1 saturated heterocycles. The number of ether oxygens (including phenoxy) is 1. The number of thiophene rings is 1. The standard InChI is InChI=1S/C17H15Cl2N5OS.C2H6.CH3F/c18-10-1-2-11(13(19)7-10)14-12(8-20)17(24-3-5-25-6-4-24)26-15(14)16(22)23-9-21;2*1-2/h1-2,7,9H,3-6H2,(H3,21,22,23);1-2H3;1H3. The predicted octanol–water partition coefficient (Wildman–Crippen LogP) is 5.35. The van der Waals surface area contributed by atoms with Gasteiger partial charge in [-0.2, -0.15) is 5.26 Å². The van der Waals surface area contributed by atoms with E-state index in [1.165, 1.54) is 11.3 Å². The molecule has 10 heteroatoms. The van der Waals surface area contributed by atoms with Crippen LogP contribution in [-0.4, -0.2) is 45.7 Å². The zero-order valence-electron chi connectivity index (χ0n) is 17.0. The Hall–Kier alpha value is -2.18. The first kappa shape index (κ1) is 25.9. The van der Waals surface area contributed by atoms with Crippen molar-refractivity contribution in [3.63, 3.8) is 0 Å². The van der Waals surface area contributed by atoms with Crippen LogP contribution in [0, 0.1) is 16.7 Å². The van der Waals surface area contributed by atoms with Crippen molar-refractivity contribution in [1.82, 2.24) is 0 Å². The number of anilines is 1. The van der Waals surface area contributed by atoms with Crippen molar-refractivity contribution in [2.45, 2.75) is 13.8 Å². The van der Waals surface area contributed by atoms with Crippen LogP contribution in [0.1, 0.15) is 24.3 Å². The molecule has 2 aromatic rings. The highest BCUT2D eigenvalue weighted by atomic mass is 35.5. The molecular weight excluding hydrogens is 448 g/mol. The van der Waals surface area contributed by atoms with Gasteiger partial charge in [0.1, 0.15) is 23.2 Å². The summed E-state index contributed by atoms with van der Waals surface area (Å²) in [4.78, 5) is 6.59. The number of halogens is 3. The lowest BCUT2D eigenvalue weighted by Gasteiger charge is -2.27. The Morgan fingerprint density at radius 3 is 2.50 bits per heavy atom. The molecule has 0 spiro atoms. The van der Waals surface area contributed by atoms with Gasteiger partial charge in [0.05, 0.1) is 30.8 Å². The van der Waals surface area contributed by atoms with Crippen LogP contribution in [0.5, 0.6) is 0 Å². The summed E-state index contributed by atoms with van der Waals surface area (Å²) >= 11 is 13.8. The largest absolute Gasteiger partial charge is 0.382 e. The molecule has 0 radical (unpaired) electrons. The van der Waals surface area contributed by atoms with Crippen molar-refractivity contribution in [2.24, 2.45) is 10.7 Å². The summed E-state index contributed by atoms with van der Waals surface area (Å²) in [7, 11) is 0.500. The van der Waals surface area contributed by atoms with Gasteiger partial charge in [0.2, 0.25) is 0 Å². The van der Waals surface area contributed by atoms with Crippen LogP contribution in [0.3, 0.4) is 0 Å². The Balaban J connectivity index is 0.00000106. The number of amidine groups is 1. The van der Waals surface area contributed by atoms with Crippen LogP contribution < -0.4 is 10.6 Å². The van der Waals surface area contributed by atoms with Gasteiger partial charge in [0.15, 0.2) is 0 Å². The third-order valence-corrected chi connectivity index (χ3v) is 5.76. The highest BCUT2D eigenvalue weighted by molar-refractivity contribution is 7.19. The van der Waals surface area contributed by atoms with Crippen molar-refractivity contribution in [3.8, 4) is 17.2 Å². The molecule has 0 amide bonds. The van der Waals surface area contributed by atoms with Gasteiger partial charge >= 0.3 is 0 Å². The highest BCUT2D eigenvalue weighted by Gasteiger charge is 2.27. The average Bonchev–Trinajstić information content (AvgIpc) is 3.17. The number of hydrogen-bond acceptors (Lipinski definition) is 5. The predicted molar refractivity (Wildman–Crippen MR) is 125 cm³/mol. The lowest BCUT2D eigenvalue weighted by atomic mass is 10.0. The molecule has 0 aliphatic carbocycles. The molecule has 2 heterocycles. The van der Waals surface area contributed by atoms with E-state index in [1.54, 1.807) is 18.2 Å². The Morgan fingerprint density at radius 2 is 1.97 bits per heavy atom. The molecule has 1 aromatic heterocycles. The molecular formula is C20H24Cl2FN5OS. The molecule has 1 aromatic carbocycles. The van der Waals surface area contributed by atoms with Crippen LogP contribution in [0.4, 0.5) is 9.39 Å². The van der Waals surface area contributed by atoms with E-state index in [0.29, 0.717) is 65.1 Å². The van der Waals surface area contributed by atoms with Crippen LogP contribution in [0.25, 0.3) is 11.1 Å². The van der Waals surface area contributed by atoms with Crippen molar-refractivity contribution < 1.29 is 9.13 Å². The fourth-order valence-electron chi connectivity index (χ4n) is 2.77. The fraction of sp³-hybridized carbons (Fsp3) is 0.350. The Morgan fingerprint density at radius 1 is 1.33 bits per heavy atom. The van der Waals surface area contributed by atoms with E-state index >= 15 is 0 Å². The summed E-state index contributed by atoms with van der Waals surface area (Å²) in [6.07, 6.45) is 0.878. The number of rotatable bonds is 4. The molecule has 3 N–H and O–H groups in total. The number of benzene rings is 1. The molecule has 0 atom stereocenters. The maximum Gasteiger partial charge on any atom is 0.143 e. The van der Waals surface area contributed by atoms with Crippen LogP contribution in [0.15, 0.2) is 23.2 Å². The van der Waals surface area contributed by atoms with Crippen molar-refractivity contribution in [1.29, 1.82) is 10.7 Å². The zero-order chi connectivity index (χ0) is 22.7. The SMILES string of the molecule is CC.CF.N#Cc1c(N2CCOCC2)sc(C(N)=NC=N)c1-c1ccc(Cl)cc1Cl.